The number of ether oxygens (including phenoxy) is 1. The third-order valence-corrected chi connectivity index (χ3v) is 4.33. The molecule has 0 unspecified atom stereocenters. The molecule has 0 bridgehead atoms. The van der Waals surface area contributed by atoms with Crippen LogP contribution in [0.25, 0.3) is 0 Å². The number of thiophene rings is 1. The second kappa shape index (κ2) is 6.89. The minimum absolute atomic E-state index is 0.0304. The minimum Gasteiger partial charge on any atom is -0.367 e. The predicted molar refractivity (Wildman–Crippen MR) is 85.7 cm³/mol. The van der Waals surface area contributed by atoms with Crippen LogP contribution < -0.4 is 5.32 Å². The van der Waals surface area contributed by atoms with E-state index in [4.69, 9.17) is 4.74 Å². The predicted octanol–water partition coefficient (Wildman–Crippen LogP) is 2.81. The smallest absolute Gasteiger partial charge is 0.317 e. The van der Waals surface area contributed by atoms with E-state index in [9.17, 15) is 4.79 Å². The zero-order chi connectivity index (χ0) is 15.4. The molecule has 0 aliphatic carbocycles. The van der Waals surface area contributed by atoms with Crippen LogP contribution >= 0.6 is 11.3 Å². The van der Waals surface area contributed by atoms with Crippen molar-refractivity contribution in [1.29, 1.82) is 0 Å². The average molecular weight is 317 g/mol. The zero-order valence-electron chi connectivity index (χ0n) is 12.4. The summed E-state index contributed by atoms with van der Waals surface area (Å²) in [6.45, 7) is 3.68. The molecule has 1 fully saturated rings. The number of aromatic nitrogens is 1. The van der Waals surface area contributed by atoms with Crippen LogP contribution in [0, 0.1) is 0 Å². The molecule has 116 valence electrons. The van der Waals surface area contributed by atoms with Gasteiger partial charge in [0.05, 0.1) is 12.6 Å². The monoisotopic (exact) mass is 317 g/mol. The summed E-state index contributed by atoms with van der Waals surface area (Å²) in [4.78, 5) is 18.2. The van der Waals surface area contributed by atoms with Crippen LogP contribution in [-0.4, -0.2) is 35.1 Å². The van der Waals surface area contributed by atoms with E-state index in [-0.39, 0.29) is 18.2 Å². The summed E-state index contributed by atoms with van der Waals surface area (Å²) < 4.78 is 5.95. The second-order valence-electron chi connectivity index (χ2n) is 5.42. The molecule has 6 heteroatoms. The maximum atomic E-state index is 12.4. The molecule has 5 nitrogen and oxygen atoms in total. The van der Waals surface area contributed by atoms with Crippen molar-refractivity contribution in [3.63, 3.8) is 0 Å². The first kappa shape index (κ1) is 15.0. The summed E-state index contributed by atoms with van der Waals surface area (Å²) in [6.07, 6.45) is 3.47. The van der Waals surface area contributed by atoms with Gasteiger partial charge in [0.1, 0.15) is 6.10 Å². The second-order valence-corrected chi connectivity index (χ2v) is 6.20. The molecular formula is C16H19N3O2S. The first-order valence-corrected chi connectivity index (χ1v) is 8.26. The molecule has 2 atom stereocenters. The van der Waals surface area contributed by atoms with E-state index in [0.29, 0.717) is 19.6 Å². The number of pyridine rings is 1. The molecule has 1 N–H and O–H groups in total. The number of carbonyl (C=O) groups excluding carboxylic acids is 1. The number of rotatable bonds is 3. The molecule has 2 aromatic heterocycles. The number of urea groups is 1. The lowest BCUT2D eigenvalue weighted by molar-refractivity contribution is -0.0655. The Bertz CT molecular complexity index is 603. The minimum atomic E-state index is -0.0563. The third-order valence-electron chi connectivity index (χ3n) is 3.63. The lowest BCUT2D eigenvalue weighted by Gasteiger charge is -2.36. The van der Waals surface area contributed by atoms with E-state index in [1.54, 1.807) is 23.7 Å². The maximum Gasteiger partial charge on any atom is 0.317 e. The van der Waals surface area contributed by atoms with Crippen LogP contribution in [0.3, 0.4) is 0 Å². The highest BCUT2D eigenvalue weighted by Gasteiger charge is 2.29. The van der Waals surface area contributed by atoms with Gasteiger partial charge in [0.2, 0.25) is 0 Å². The summed E-state index contributed by atoms with van der Waals surface area (Å²) in [7, 11) is 0. The van der Waals surface area contributed by atoms with Crippen molar-refractivity contribution in [1.82, 2.24) is 15.2 Å². The van der Waals surface area contributed by atoms with Gasteiger partial charge in [-0.2, -0.15) is 11.3 Å². The van der Waals surface area contributed by atoms with Crippen molar-refractivity contribution in [3.8, 4) is 0 Å². The van der Waals surface area contributed by atoms with Gasteiger partial charge in [0.15, 0.2) is 0 Å². The van der Waals surface area contributed by atoms with Crippen molar-refractivity contribution < 1.29 is 9.53 Å². The highest BCUT2D eigenvalue weighted by atomic mass is 32.1. The molecule has 22 heavy (non-hydrogen) atoms. The molecule has 1 saturated heterocycles. The largest absolute Gasteiger partial charge is 0.367 e. The van der Waals surface area contributed by atoms with E-state index in [1.165, 1.54) is 0 Å². The highest BCUT2D eigenvalue weighted by Crippen LogP contribution is 2.26. The highest BCUT2D eigenvalue weighted by molar-refractivity contribution is 7.07. The Morgan fingerprint density at radius 1 is 1.50 bits per heavy atom. The average Bonchev–Trinajstić information content (AvgIpc) is 3.07. The zero-order valence-corrected chi connectivity index (χ0v) is 13.3. The Hall–Kier alpha value is -1.92. The van der Waals surface area contributed by atoms with Gasteiger partial charge in [0, 0.05) is 25.5 Å². The molecular weight excluding hydrogens is 298 g/mol. The lowest BCUT2D eigenvalue weighted by Crippen LogP contribution is -2.49. The molecule has 2 aromatic rings. The van der Waals surface area contributed by atoms with E-state index < -0.39 is 0 Å². The van der Waals surface area contributed by atoms with Gasteiger partial charge in [-0.1, -0.05) is 6.07 Å². The number of hydrogen-bond donors (Lipinski definition) is 1. The van der Waals surface area contributed by atoms with E-state index in [1.807, 2.05) is 29.3 Å². The molecule has 3 heterocycles. The lowest BCUT2D eigenvalue weighted by atomic mass is 10.1. The normalized spacial score (nSPS) is 21.6. The summed E-state index contributed by atoms with van der Waals surface area (Å²) in [6, 6.07) is 5.81. The molecule has 1 aliphatic rings. The van der Waals surface area contributed by atoms with Crippen LogP contribution in [0.15, 0.2) is 41.4 Å². The summed E-state index contributed by atoms with van der Waals surface area (Å²) in [5.74, 6) is 0. The number of hydrogen-bond acceptors (Lipinski definition) is 4. The topological polar surface area (TPSA) is 54.5 Å². The van der Waals surface area contributed by atoms with Crippen molar-refractivity contribution in [2.75, 3.05) is 13.1 Å². The van der Waals surface area contributed by atoms with Gasteiger partial charge in [-0.3, -0.25) is 4.98 Å². The van der Waals surface area contributed by atoms with Crippen LogP contribution in [0.4, 0.5) is 4.79 Å². The van der Waals surface area contributed by atoms with Crippen molar-refractivity contribution in [2.24, 2.45) is 0 Å². The first-order chi connectivity index (χ1) is 10.7. The molecule has 0 saturated carbocycles. The van der Waals surface area contributed by atoms with E-state index >= 15 is 0 Å². The van der Waals surface area contributed by atoms with Gasteiger partial charge in [-0.15, -0.1) is 0 Å². The van der Waals surface area contributed by atoms with E-state index in [0.717, 1.165) is 11.1 Å². The number of morpholine rings is 1. The number of nitrogens with one attached hydrogen (secondary N) is 1. The van der Waals surface area contributed by atoms with Crippen LogP contribution in [0.5, 0.6) is 0 Å². The van der Waals surface area contributed by atoms with Gasteiger partial charge >= 0.3 is 6.03 Å². The van der Waals surface area contributed by atoms with Crippen LogP contribution in [0.2, 0.25) is 0 Å². The van der Waals surface area contributed by atoms with Gasteiger partial charge in [-0.05, 0) is 40.9 Å². The fraction of sp³-hybridized carbons (Fsp3) is 0.375. The van der Waals surface area contributed by atoms with Crippen LogP contribution in [-0.2, 0) is 11.3 Å². The van der Waals surface area contributed by atoms with E-state index in [2.05, 4.69) is 21.7 Å². The van der Waals surface area contributed by atoms with Crippen LogP contribution in [0.1, 0.15) is 24.2 Å². The summed E-state index contributed by atoms with van der Waals surface area (Å²) in [5, 5.41) is 7.06. The molecule has 0 spiro atoms. The molecule has 1 aliphatic heterocycles. The Morgan fingerprint density at radius 3 is 3.14 bits per heavy atom. The molecule has 2 amide bonds. The number of amides is 2. The van der Waals surface area contributed by atoms with Crippen molar-refractivity contribution >= 4 is 17.4 Å². The van der Waals surface area contributed by atoms with Crippen molar-refractivity contribution in [3.05, 3.63) is 52.5 Å². The first-order valence-electron chi connectivity index (χ1n) is 7.31. The molecule has 0 aromatic carbocycles. The molecule has 0 radical (unpaired) electrons. The Kier molecular flexibility index (Phi) is 4.70. The fourth-order valence-corrected chi connectivity index (χ4v) is 3.25. The third kappa shape index (κ3) is 3.64. The number of carbonyl (C=O) groups is 1. The van der Waals surface area contributed by atoms with Gasteiger partial charge in [0.25, 0.3) is 0 Å². The maximum absolute atomic E-state index is 12.4. The Morgan fingerprint density at radius 2 is 2.41 bits per heavy atom. The van der Waals surface area contributed by atoms with Gasteiger partial charge in [-0.25, -0.2) is 4.79 Å². The Labute approximate surface area is 133 Å². The molecule has 3 rings (SSSR count). The van der Waals surface area contributed by atoms with Crippen molar-refractivity contribution in [2.45, 2.75) is 25.7 Å². The summed E-state index contributed by atoms with van der Waals surface area (Å²) >= 11 is 1.65. The van der Waals surface area contributed by atoms with Gasteiger partial charge < -0.3 is 15.0 Å². The fourth-order valence-electron chi connectivity index (χ4n) is 2.55. The number of nitrogens with zero attached hydrogens (tertiary/aromatic N) is 2. The quantitative estimate of drug-likeness (QED) is 0.947. The SMILES string of the molecule is C[C@@H]1CN(C(=O)NCc2cccnc2)C[C@@H](c2ccsc2)O1. The standard InChI is InChI=1S/C16H19N3O2S/c1-12-9-19(10-15(21-12)14-4-6-22-11-14)16(20)18-8-13-3-2-5-17-7-13/h2-7,11-12,15H,8-10H2,1H3,(H,18,20)/t12-,15+/m1/s1. The summed E-state index contributed by atoms with van der Waals surface area (Å²) in [5.41, 5.74) is 2.13. The Balaban J connectivity index is 1.59.